The van der Waals surface area contributed by atoms with Gasteiger partial charge in [-0.1, -0.05) is 54.3 Å². The lowest BCUT2D eigenvalue weighted by molar-refractivity contribution is -0.144. The van der Waals surface area contributed by atoms with Crippen molar-refractivity contribution in [1.82, 2.24) is 0 Å². The van der Waals surface area contributed by atoms with Gasteiger partial charge < -0.3 is 9.47 Å². The molecule has 3 nitrogen and oxygen atoms in total. The van der Waals surface area contributed by atoms with Crippen molar-refractivity contribution in [2.24, 2.45) is 5.92 Å². The van der Waals surface area contributed by atoms with E-state index in [0.717, 1.165) is 17.7 Å². The van der Waals surface area contributed by atoms with E-state index in [9.17, 15) is 4.79 Å². The first-order valence-electron chi connectivity index (χ1n) is 8.04. The van der Waals surface area contributed by atoms with Crippen LogP contribution in [-0.2, 0) is 9.53 Å². The van der Waals surface area contributed by atoms with Gasteiger partial charge in [0.1, 0.15) is 5.75 Å². The highest BCUT2D eigenvalue weighted by Crippen LogP contribution is 2.47. The summed E-state index contributed by atoms with van der Waals surface area (Å²) in [4.78, 5) is 11.3. The van der Waals surface area contributed by atoms with Gasteiger partial charge in [0, 0.05) is 18.4 Å². The Morgan fingerprint density at radius 3 is 2.46 bits per heavy atom. The van der Waals surface area contributed by atoms with Crippen LogP contribution in [0.3, 0.4) is 0 Å². The van der Waals surface area contributed by atoms with Gasteiger partial charge in [0.25, 0.3) is 0 Å². The Bertz CT molecular complexity index is 753. The Morgan fingerprint density at radius 2 is 1.83 bits per heavy atom. The molecule has 0 heterocycles. The SMILES string of the molecule is COc1ccc([C@@H]2C[C@H]2C#CC(OC(C)=O)c2ccccc2)cc1. The van der Waals surface area contributed by atoms with Crippen molar-refractivity contribution in [3.05, 3.63) is 65.7 Å². The molecular formula is C21H20O3. The topological polar surface area (TPSA) is 35.5 Å². The van der Waals surface area contributed by atoms with Crippen molar-refractivity contribution in [2.75, 3.05) is 7.11 Å². The molecule has 122 valence electrons. The van der Waals surface area contributed by atoms with Crippen LogP contribution in [-0.4, -0.2) is 13.1 Å². The molecule has 3 atom stereocenters. The van der Waals surface area contributed by atoms with Crippen LogP contribution in [0.4, 0.5) is 0 Å². The summed E-state index contributed by atoms with van der Waals surface area (Å²) in [5, 5.41) is 0. The molecule has 0 bridgehead atoms. The van der Waals surface area contributed by atoms with Gasteiger partial charge in [-0.2, -0.15) is 0 Å². The second kappa shape index (κ2) is 7.23. The maximum atomic E-state index is 11.3. The molecule has 2 aromatic rings. The van der Waals surface area contributed by atoms with Gasteiger partial charge in [-0.05, 0) is 30.0 Å². The number of hydrogen-bond acceptors (Lipinski definition) is 3. The zero-order valence-corrected chi connectivity index (χ0v) is 13.9. The van der Waals surface area contributed by atoms with Gasteiger partial charge in [-0.3, -0.25) is 4.79 Å². The van der Waals surface area contributed by atoms with Crippen LogP contribution in [0.15, 0.2) is 54.6 Å². The number of hydrogen-bond donors (Lipinski definition) is 0. The summed E-state index contributed by atoms with van der Waals surface area (Å²) in [6.45, 7) is 1.41. The zero-order chi connectivity index (χ0) is 16.9. The number of methoxy groups -OCH3 is 1. The highest BCUT2D eigenvalue weighted by molar-refractivity contribution is 5.66. The molecule has 0 radical (unpaired) electrons. The molecule has 1 saturated carbocycles. The average Bonchev–Trinajstić information content (AvgIpc) is 3.39. The minimum Gasteiger partial charge on any atom is -0.497 e. The molecule has 3 heteroatoms. The number of esters is 1. The van der Waals surface area contributed by atoms with E-state index in [2.05, 4.69) is 24.0 Å². The normalized spacial score (nSPS) is 19.6. The molecule has 24 heavy (non-hydrogen) atoms. The molecule has 0 amide bonds. The van der Waals surface area contributed by atoms with Gasteiger partial charge in [-0.15, -0.1) is 0 Å². The second-order valence-corrected chi connectivity index (χ2v) is 5.91. The first-order chi connectivity index (χ1) is 11.7. The molecule has 0 aromatic heterocycles. The number of carbonyl (C=O) groups excluding carboxylic acids is 1. The number of rotatable bonds is 4. The zero-order valence-electron chi connectivity index (χ0n) is 13.9. The summed E-state index contributed by atoms with van der Waals surface area (Å²) >= 11 is 0. The maximum Gasteiger partial charge on any atom is 0.304 e. The van der Waals surface area contributed by atoms with Crippen molar-refractivity contribution in [3.63, 3.8) is 0 Å². The fourth-order valence-electron chi connectivity index (χ4n) is 2.73. The van der Waals surface area contributed by atoms with Gasteiger partial charge in [0.2, 0.25) is 0 Å². The predicted molar refractivity (Wildman–Crippen MR) is 92.6 cm³/mol. The van der Waals surface area contributed by atoms with E-state index < -0.39 is 6.10 Å². The second-order valence-electron chi connectivity index (χ2n) is 5.91. The minimum absolute atomic E-state index is 0.319. The van der Waals surface area contributed by atoms with Gasteiger partial charge in [0.05, 0.1) is 7.11 Å². The Balaban J connectivity index is 1.69. The van der Waals surface area contributed by atoms with Gasteiger partial charge >= 0.3 is 5.97 Å². The first-order valence-corrected chi connectivity index (χ1v) is 8.04. The molecule has 1 fully saturated rings. The Hall–Kier alpha value is -2.73. The Labute approximate surface area is 142 Å². The van der Waals surface area contributed by atoms with Crippen molar-refractivity contribution >= 4 is 5.97 Å². The molecular weight excluding hydrogens is 300 g/mol. The fraction of sp³-hybridized carbons (Fsp3) is 0.286. The Morgan fingerprint density at radius 1 is 1.12 bits per heavy atom. The lowest BCUT2D eigenvalue weighted by Crippen LogP contribution is -2.06. The van der Waals surface area contributed by atoms with Crippen LogP contribution in [0.1, 0.15) is 36.5 Å². The molecule has 0 saturated heterocycles. The van der Waals surface area contributed by atoms with E-state index >= 15 is 0 Å². The number of carbonyl (C=O) groups is 1. The summed E-state index contributed by atoms with van der Waals surface area (Å²) in [7, 11) is 1.67. The lowest BCUT2D eigenvalue weighted by atomic mass is 10.1. The maximum absolute atomic E-state index is 11.3. The monoisotopic (exact) mass is 320 g/mol. The van der Waals surface area contributed by atoms with E-state index in [1.807, 2.05) is 42.5 Å². The lowest BCUT2D eigenvalue weighted by Gasteiger charge is -2.10. The van der Waals surface area contributed by atoms with E-state index in [0.29, 0.717) is 11.8 Å². The third-order valence-electron chi connectivity index (χ3n) is 4.12. The van der Waals surface area contributed by atoms with Crippen LogP contribution in [0.2, 0.25) is 0 Å². The summed E-state index contributed by atoms with van der Waals surface area (Å²) in [6, 6.07) is 17.8. The molecule has 3 rings (SSSR count). The molecule has 0 N–H and O–H groups in total. The van der Waals surface area contributed by atoms with E-state index in [-0.39, 0.29) is 5.97 Å². The van der Waals surface area contributed by atoms with Crippen molar-refractivity contribution in [3.8, 4) is 17.6 Å². The number of ether oxygens (including phenoxy) is 2. The van der Waals surface area contributed by atoms with Crippen molar-refractivity contribution in [2.45, 2.75) is 25.4 Å². The summed E-state index contributed by atoms with van der Waals surface area (Å²) < 4.78 is 10.5. The van der Waals surface area contributed by atoms with Gasteiger partial charge in [0.15, 0.2) is 6.10 Å². The van der Waals surface area contributed by atoms with Crippen molar-refractivity contribution < 1.29 is 14.3 Å². The third-order valence-corrected chi connectivity index (χ3v) is 4.12. The van der Waals surface area contributed by atoms with Crippen LogP contribution in [0.5, 0.6) is 5.75 Å². The van der Waals surface area contributed by atoms with Crippen LogP contribution in [0.25, 0.3) is 0 Å². The quantitative estimate of drug-likeness (QED) is 0.628. The molecule has 1 unspecified atom stereocenters. The Kier molecular flexibility index (Phi) is 4.86. The highest BCUT2D eigenvalue weighted by Gasteiger charge is 2.37. The molecule has 0 spiro atoms. The molecule has 2 aromatic carbocycles. The standard InChI is InChI=1S/C21H20O3/c1-15(22)24-21(17-6-4-3-5-7-17)13-10-18-14-20(18)16-8-11-19(23-2)12-9-16/h3-9,11-12,18,20-21H,14H2,1-2H3/t18-,20+,21?/m1/s1. The summed E-state index contributed by atoms with van der Waals surface area (Å²) in [5.41, 5.74) is 2.18. The van der Waals surface area contributed by atoms with E-state index in [4.69, 9.17) is 9.47 Å². The third kappa shape index (κ3) is 3.97. The van der Waals surface area contributed by atoms with Crippen molar-refractivity contribution in [1.29, 1.82) is 0 Å². The van der Waals surface area contributed by atoms with E-state index in [1.54, 1.807) is 7.11 Å². The average molecular weight is 320 g/mol. The minimum atomic E-state index is -0.499. The molecule has 0 aliphatic heterocycles. The predicted octanol–water partition coefficient (Wildman–Crippen LogP) is 4.11. The number of benzene rings is 2. The largest absolute Gasteiger partial charge is 0.497 e. The van der Waals surface area contributed by atoms with Crippen LogP contribution >= 0.6 is 0 Å². The summed E-state index contributed by atoms with van der Waals surface area (Å²) in [6.07, 6.45) is 0.543. The molecule has 1 aliphatic rings. The molecule has 1 aliphatic carbocycles. The fourth-order valence-corrected chi connectivity index (χ4v) is 2.73. The van der Waals surface area contributed by atoms with Crippen LogP contribution < -0.4 is 4.74 Å². The summed E-state index contributed by atoms with van der Waals surface area (Å²) in [5.74, 6) is 7.73. The highest BCUT2D eigenvalue weighted by atomic mass is 16.5. The van der Waals surface area contributed by atoms with E-state index in [1.165, 1.54) is 12.5 Å². The first kappa shape index (κ1) is 16.1. The van der Waals surface area contributed by atoms with Gasteiger partial charge in [-0.25, -0.2) is 0 Å². The van der Waals surface area contributed by atoms with Crippen LogP contribution in [0, 0.1) is 17.8 Å². The smallest absolute Gasteiger partial charge is 0.304 e.